The zero-order valence-corrected chi connectivity index (χ0v) is 27.1. The first-order valence-corrected chi connectivity index (χ1v) is 16.4. The lowest BCUT2D eigenvalue weighted by molar-refractivity contribution is -0.134. The number of fused-ring (bicyclic) bond motifs is 1. The van der Waals surface area contributed by atoms with Gasteiger partial charge in [-0.3, -0.25) is 9.59 Å². The Kier molecular flexibility index (Phi) is 10.1. The van der Waals surface area contributed by atoms with Gasteiger partial charge in [0.15, 0.2) is 18.1 Å². The Balaban J connectivity index is 1.49. The third-order valence-corrected chi connectivity index (χ3v) is 9.05. The van der Waals surface area contributed by atoms with Crippen molar-refractivity contribution in [2.24, 2.45) is 0 Å². The maximum Gasteiger partial charge on any atom is 0.260 e. The number of aryl methyl sites for hydroxylation is 1. The molecule has 0 spiro atoms. The molecule has 0 radical (unpaired) electrons. The summed E-state index contributed by atoms with van der Waals surface area (Å²) in [4.78, 5) is 33.4. The molecule has 0 aliphatic carbocycles. The first kappa shape index (κ1) is 31.4. The minimum Gasteiger partial charge on any atom is -0.490 e. The summed E-state index contributed by atoms with van der Waals surface area (Å²) in [6.45, 7) is 11.8. The Labute approximate surface area is 263 Å². The van der Waals surface area contributed by atoms with Gasteiger partial charge < -0.3 is 25.0 Å². The van der Waals surface area contributed by atoms with Gasteiger partial charge in [0, 0.05) is 30.2 Å². The number of piperidine rings is 1. The molecule has 1 fully saturated rings. The molecule has 0 bridgehead atoms. The van der Waals surface area contributed by atoms with Crippen molar-refractivity contribution in [2.45, 2.75) is 71.5 Å². The zero-order chi connectivity index (χ0) is 31.2. The molecular formula is C33H42N6O4S. The molecule has 1 aromatic heterocycles. The predicted molar refractivity (Wildman–Crippen MR) is 174 cm³/mol. The molecule has 2 aliphatic rings. The molecule has 2 amide bonds. The van der Waals surface area contributed by atoms with Gasteiger partial charge in [-0.15, -0.1) is 5.10 Å². The van der Waals surface area contributed by atoms with Crippen molar-refractivity contribution in [3.05, 3.63) is 64.4 Å². The smallest absolute Gasteiger partial charge is 0.260 e. The maximum atomic E-state index is 14.0. The Hall–Kier alpha value is -3.99. The van der Waals surface area contributed by atoms with Crippen LogP contribution in [0.5, 0.6) is 11.5 Å². The second kappa shape index (κ2) is 14.2. The molecule has 234 valence electrons. The van der Waals surface area contributed by atoms with Crippen LogP contribution in [0.2, 0.25) is 0 Å². The first-order valence-electron chi connectivity index (χ1n) is 15.4. The largest absolute Gasteiger partial charge is 0.490 e. The van der Waals surface area contributed by atoms with Gasteiger partial charge in [-0.2, -0.15) is 4.98 Å². The van der Waals surface area contributed by atoms with Crippen LogP contribution in [-0.2, 0) is 9.59 Å². The lowest BCUT2D eigenvalue weighted by Gasteiger charge is -2.29. The summed E-state index contributed by atoms with van der Waals surface area (Å²) >= 11 is 1.58. The highest BCUT2D eigenvalue weighted by atomic mass is 32.2. The molecule has 2 aromatic carbocycles. The number of benzene rings is 2. The highest BCUT2D eigenvalue weighted by Crippen LogP contribution is 2.40. The molecule has 1 saturated heterocycles. The third kappa shape index (κ3) is 6.88. The van der Waals surface area contributed by atoms with Crippen molar-refractivity contribution in [2.75, 3.05) is 42.7 Å². The van der Waals surface area contributed by atoms with Crippen LogP contribution >= 0.6 is 11.8 Å². The van der Waals surface area contributed by atoms with Crippen LogP contribution in [0.25, 0.3) is 0 Å². The van der Waals surface area contributed by atoms with E-state index in [1.54, 1.807) is 16.4 Å². The molecule has 2 N–H and O–H groups in total. The number of nitrogens with one attached hydrogen (secondary N) is 2. The number of thioether (sulfide) groups is 1. The SMILES string of the molecule is CCCSc1nc2n(n1)C(c1ccc(OCC(=O)N3CCCCC3)c(OCC)c1)C(C(=O)Nc1cccc(C)c1C)=C(C)N2. The summed E-state index contributed by atoms with van der Waals surface area (Å²) < 4.78 is 13.8. The molecule has 3 aromatic rings. The van der Waals surface area contributed by atoms with Gasteiger partial charge in [-0.05, 0) is 88.3 Å². The average Bonchev–Trinajstić information content (AvgIpc) is 3.43. The van der Waals surface area contributed by atoms with Crippen molar-refractivity contribution in [1.29, 1.82) is 0 Å². The number of carbonyl (C=O) groups is 2. The molecule has 10 nitrogen and oxygen atoms in total. The number of likely N-dealkylation sites (tertiary alicyclic amines) is 1. The predicted octanol–water partition coefficient (Wildman–Crippen LogP) is 6.11. The van der Waals surface area contributed by atoms with Gasteiger partial charge in [0.25, 0.3) is 11.8 Å². The van der Waals surface area contributed by atoms with E-state index in [2.05, 4.69) is 17.6 Å². The summed E-state index contributed by atoms with van der Waals surface area (Å²) in [5.74, 6) is 2.18. The lowest BCUT2D eigenvalue weighted by atomic mass is 9.94. The van der Waals surface area contributed by atoms with E-state index in [0.717, 1.165) is 66.9 Å². The Morgan fingerprint density at radius 2 is 1.84 bits per heavy atom. The minimum atomic E-state index is -0.580. The van der Waals surface area contributed by atoms with E-state index < -0.39 is 6.04 Å². The summed E-state index contributed by atoms with van der Waals surface area (Å²) in [7, 11) is 0. The van der Waals surface area contributed by atoms with E-state index in [-0.39, 0.29) is 18.4 Å². The number of allylic oxidation sites excluding steroid dienone is 1. The van der Waals surface area contributed by atoms with E-state index in [1.165, 1.54) is 0 Å². The van der Waals surface area contributed by atoms with Gasteiger partial charge in [0.1, 0.15) is 6.04 Å². The minimum absolute atomic E-state index is 0.0251. The number of carbonyl (C=O) groups excluding carboxylic acids is 2. The molecule has 1 atom stereocenters. The average molecular weight is 619 g/mol. The van der Waals surface area contributed by atoms with Gasteiger partial charge in [-0.25, -0.2) is 4.68 Å². The van der Waals surface area contributed by atoms with E-state index in [0.29, 0.717) is 40.5 Å². The standard InChI is InChI=1S/C33H42N6O4S/c1-6-18-44-33-36-32-34-23(5)29(31(41)35-25-13-11-12-21(3)22(25)4)30(39(32)37-33)24-14-15-26(27(19-24)42-7-2)43-20-28(40)38-16-9-8-10-17-38/h11-15,19,30H,6-10,16-18,20H2,1-5H3,(H,35,41)(H,34,36,37). The third-order valence-electron chi connectivity index (χ3n) is 8.01. The molecule has 3 heterocycles. The van der Waals surface area contributed by atoms with Gasteiger partial charge in [0.2, 0.25) is 11.1 Å². The van der Waals surface area contributed by atoms with Gasteiger partial charge in [-0.1, -0.05) is 36.9 Å². The number of anilines is 2. The Morgan fingerprint density at radius 3 is 2.59 bits per heavy atom. The summed E-state index contributed by atoms with van der Waals surface area (Å²) in [5.41, 5.74) is 4.86. The second-order valence-corrected chi connectivity index (χ2v) is 12.2. The molecule has 2 aliphatic heterocycles. The number of amides is 2. The Morgan fingerprint density at radius 1 is 1.05 bits per heavy atom. The van der Waals surface area contributed by atoms with Crippen molar-refractivity contribution in [3.63, 3.8) is 0 Å². The topological polar surface area (TPSA) is 111 Å². The highest BCUT2D eigenvalue weighted by Gasteiger charge is 2.35. The second-order valence-electron chi connectivity index (χ2n) is 11.1. The van der Waals surface area contributed by atoms with Crippen LogP contribution in [0, 0.1) is 13.8 Å². The van der Waals surface area contributed by atoms with Crippen molar-refractivity contribution in [3.8, 4) is 11.5 Å². The fourth-order valence-electron chi connectivity index (χ4n) is 5.52. The van der Waals surface area contributed by atoms with Crippen LogP contribution in [0.4, 0.5) is 11.6 Å². The monoisotopic (exact) mass is 618 g/mol. The number of hydrogen-bond acceptors (Lipinski definition) is 8. The van der Waals surface area contributed by atoms with Crippen molar-refractivity contribution >= 4 is 35.2 Å². The summed E-state index contributed by atoms with van der Waals surface area (Å²) in [6.07, 6.45) is 4.19. The molecular weight excluding hydrogens is 576 g/mol. The van der Waals surface area contributed by atoms with Crippen LogP contribution < -0.4 is 20.1 Å². The fraction of sp³-hybridized carbons (Fsp3) is 0.455. The van der Waals surface area contributed by atoms with Crippen LogP contribution in [0.15, 0.2) is 52.8 Å². The number of ether oxygens (including phenoxy) is 2. The molecule has 1 unspecified atom stereocenters. The molecule has 5 rings (SSSR count). The maximum absolute atomic E-state index is 14.0. The van der Waals surface area contributed by atoms with E-state index in [4.69, 9.17) is 19.6 Å². The van der Waals surface area contributed by atoms with Gasteiger partial charge in [0.05, 0.1) is 12.2 Å². The quantitative estimate of drug-likeness (QED) is 0.248. The number of aromatic nitrogens is 3. The normalized spacial score (nSPS) is 16.3. The molecule has 11 heteroatoms. The lowest BCUT2D eigenvalue weighted by Crippen LogP contribution is -2.38. The molecule has 44 heavy (non-hydrogen) atoms. The summed E-state index contributed by atoms with van der Waals surface area (Å²) in [6, 6.07) is 10.9. The first-order chi connectivity index (χ1) is 21.3. The molecule has 0 saturated carbocycles. The number of hydrogen-bond donors (Lipinski definition) is 2. The van der Waals surface area contributed by atoms with E-state index in [1.807, 2.05) is 69.0 Å². The highest BCUT2D eigenvalue weighted by molar-refractivity contribution is 7.99. The van der Waals surface area contributed by atoms with E-state index >= 15 is 0 Å². The van der Waals surface area contributed by atoms with Gasteiger partial charge >= 0.3 is 0 Å². The van der Waals surface area contributed by atoms with Crippen molar-refractivity contribution < 1.29 is 19.1 Å². The fourth-order valence-corrected chi connectivity index (χ4v) is 6.20. The van der Waals surface area contributed by atoms with Crippen molar-refractivity contribution in [1.82, 2.24) is 19.7 Å². The summed E-state index contributed by atoms with van der Waals surface area (Å²) in [5, 5.41) is 11.9. The Bertz CT molecular complexity index is 1540. The van der Waals surface area contributed by atoms with Crippen LogP contribution in [-0.4, -0.2) is 63.5 Å². The number of nitrogens with zero attached hydrogens (tertiary/aromatic N) is 4. The number of rotatable bonds is 11. The van der Waals surface area contributed by atoms with E-state index in [9.17, 15) is 9.59 Å². The zero-order valence-electron chi connectivity index (χ0n) is 26.2. The van der Waals surface area contributed by atoms with Crippen LogP contribution in [0.3, 0.4) is 0 Å². The van der Waals surface area contributed by atoms with Crippen LogP contribution in [0.1, 0.15) is 69.2 Å².